The molecule has 2 rings (SSSR count). The zero-order valence-corrected chi connectivity index (χ0v) is 15.8. The van der Waals surface area contributed by atoms with E-state index in [0.717, 1.165) is 6.42 Å². The normalized spacial score (nSPS) is 11.2. The molecule has 0 fully saturated rings. The molecule has 25 heavy (non-hydrogen) atoms. The molecule has 136 valence electrons. The molecule has 0 aliphatic carbocycles. The first-order valence-electron chi connectivity index (χ1n) is 8.41. The second-order valence-corrected chi connectivity index (χ2v) is 7.12. The van der Waals surface area contributed by atoms with Crippen molar-refractivity contribution in [1.29, 1.82) is 0 Å². The van der Waals surface area contributed by atoms with Gasteiger partial charge in [-0.2, -0.15) is 0 Å². The van der Waals surface area contributed by atoms with E-state index in [1.807, 2.05) is 18.2 Å². The molecule has 0 spiro atoms. The Morgan fingerprint density at radius 3 is 2.84 bits per heavy atom. The fraction of sp³-hybridized carbons (Fsp3) is 0.500. The van der Waals surface area contributed by atoms with Gasteiger partial charge in [-0.05, 0) is 24.5 Å². The summed E-state index contributed by atoms with van der Waals surface area (Å²) >= 11 is 1.29. The molecule has 0 saturated heterocycles. The van der Waals surface area contributed by atoms with Crippen molar-refractivity contribution in [2.75, 3.05) is 26.0 Å². The Balaban J connectivity index is 2.22. The van der Waals surface area contributed by atoms with Crippen LogP contribution in [0.4, 0.5) is 0 Å². The zero-order chi connectivity index (χ0) is 18.2. The van der Waals surface area contributed by atoms with Crippen LogP contribution in [0.1, 0.15) is 20.3 Å². The van der Waals surface area contributed by atoms with Crippen molar-refractivity contribution in [3.63, 3.8) is 0 Å². The summed E-state index contributed by atoms with van der Waals surface area (Å²) in [5, 5.41) is 3.98. The first kappa shape index (κ1) is 19.5. The number of hydrogen-bond acceptors (Lipinski definition) is 5. The molecule has 1 aromatic carbocycles. The van der Waals surface area contributed by atoms with E-state index < -0.39 is 0 Å². The Morgan fingerprint density at radius 1 is 1.36 bits per heavy atom. The van der Waals surface area contributed by atoms with Crippen LogP contribution in [-0.2, 0) is 16.1 Å². The largest absolute Gasteiger partial charge is 0.383 e. The lowest BCUT2D eigenvalue weighted by Crippen LogP contribution is -2.29. The summed E-state index contributed by atoms with van der Waals surface area (Å²) < 4.78 is 6.60. The SMILES string of the molecule is COCCNC(=O)CSc1nc2ccccc2c(=O)n1CCC(C)C. The molecular formula is C18H25N3O3S. The van der Waals surface area contributed by atoms with Crippen LogP contribution in [-0.4, -0.2) is 41.5 Å². The minimum absolute atomic E-state index is 0.0476. The first-order chi connectivity index (χ1) is 12.0. The number of benzene rings is 1. The summed E-state index contributed by atoms with van der Waals surface area (Å²) in [6, 6.07) is 7.32. The van der Waals surface area contributed by atoms with E-state index in [-0.39, 0.29) is 17.2 Å². The minimum atomic E-state index is -0.0973. The molecule has 0 aliphatic heterocycles. The lowest BCUT2D eigenvalue weighted by Gasteiger charge is -2.14. The molecule has 0 unspecified atom stereocenters. The number of carbonyl (C=O) groups excluding carboxylic acids is 1. The Hall–Kier alpha value is -1.86. The molecule has 0 radical (unpaired) electrons. The van der Waals surface area contributed by atoms with Gasteiger partial charge in [0.25, 0.3) is 5.56 Å². The quantitative estimate of drug-likeness (QED) is 0.420. The summed E-state index contributed by atoms with van der Waals surface area (Å²) in [4.78, 5) is 29.3. The number of nitrogens with zero attached hydrogens (tertiary/aromatic N) is 2. The van der Waals surface area contributed by atoms with Gasteiger partial charge < -0.3 is 10.1 Å². The Morgan fingerprint density at radius 2 is 2.12 bits per heavy atom. The molecule has 6 nitrogen and oxygen atoms in total. The third kappa shape index (κ3) is 5.57. The lowest BCUT2D eigenvalue weighted by molar-refractivity contribution is -0.118. The van der Waals surface area contributed by atoms with Crippen LogP contribution < -0.4 is 10.9 Å². The summed E-state index contributed by atoms with van der Waals surface area (Å²) in [6.45, 7) is 5.79. The topological polar surface area (TPSA) is 73.2 Å². The lowest BCUT2D eigenvalue weighted by atomic mass is 10.1. The predicted octanol–water partition coefficient (Wildman–Crippen LogP) is 2.30. The van der Waals surface area contributed by atoms with E-state index in [2.05, 4.69) is 24.1 Å². The van der Waals surface area contributed by atoms with Crippen molar-refractivity contribution in [3.05, 3.63) is 34.6 Å². The highest BCUT2D eigenvalue weighted by atomic mass is 32.2. The van der Waals surface area contributed by atoms with Gasteiger partial charge in [0.1, 0.15) is 0 Å². The van der Waals surface area contributed by atoms with Crippen LogP contribution in [0.25, 0.3) is 10.9 Å². The van der Waals surface area contributed by atoms with Crippen molar-refractivity contribution in [2.24, 2.45) is 5.92 Å². The monoisotopic (exact) mass is 363 g/mol. The van der Waals surface area contributed by atoms with Crippen molar-refractivity contribution >= 4 is 28.6 Å². The maximum Gasteiger partial charge on any atom is 0.262 e. The summed E-state index contributed by atoms with van der Waals surface area (Å²) in [5.41, 5.74) is 0.615. The van der Waals surface area contributed by atoms with Gasteiger partial charge in [0.15, 0.2) is 5.16 Å². The molecule has 0 bridgehead atoms. The average Bonchev–Trinajstić information content (AvgIpc) is 2.59. The smallest absolute Gasteiger partial charge is 0.262 e. The van der Waals surface area contributed by atoms with Crippen LogP contribution >= 0.6 is 11.8 Å². The van der Waals surface area contributed by atoms with Gasteiger partial charge >= 0.3 is 0 Å². The number of thioether (sulfide) groups is 1. The van der Waals surface area contributed by atoms with Crippen molar-refractivity contribution in [1.82, 2.24) is 14.9 Å². The predicted molar refractivity (Wildman–Crippen MR) is 101 cm³/mol. The molecule has 7 heteroatoms. The Kier molecular flexibility index (Phi) is 7.46. The number of aromatic nitrogens is 2. The number of carbonyl (C=O) groups is 1. The first-order valence-corrected chi connectivity index (χ1v) is 9.39. The number of para-hydroxylation sites is 1. The van der Waals surface area contributed by atoms with Crippen LogP contribution in [0.5, 0.6) is 0 Å². The van der Waals surface area contributed by atoms with Crippen LogP contribution in [0.3, 0.4) is 0 Å². The summed E-state index contributed by atoms with van der Waals surface area (Å²) in [5.74, 6) is 0.601. The summed E-state index contributed by atoms with van der Waals surface area (Å²) in [6.07, 6.45) is 0.882. The number of methoxy groups -OCH3 is 1. The van der Waals surface area contributed by atoms with Gasteiger partial charge in [0.05, 0.1) is 23.3 Å². The van der Waals surface area contributed by atoms with Crippen molar-refractivity contribution in [3.8, 4) is 0 Å². The van der Waals surface area contributed by atoms with Crippen LogP contribution in [0.15, 0.2) is 34.2 Å². The van der Waals surface area contributed by atoms with Gasteiger partial charge in [0.2, 0.25) is 5.91 Å². The van der Waals surface area contributed by atoms with E-state index in [0.29, 0.717) is 41.7 Å². The molecule has 1 amide bonds. The van der Waals surface area contributed by atoms with E-state index >= 15 is 0 Å². The van der Waals surface area contributed by atoms with Crippen molar-refractivity contribution < 1.29 is 9.53 Å². The highest BCUT2D eigenvalue weighted by molar-refractivity contribution is 7.99. The zero-order valence-electron chi connectivity index (χ0n) is 14.9. The maximum absolute atomic E-state index is 12.8. The third-order valence-electron chi connectivity index (χ3n) is 3.72. The fourth-order valence-electron chi connectivity index (χ4n) is 2.32. The van der Waals surface area contributed by atoms with Gasteiger partial charge in [-0.3, -0.25) is 14.2 Å². The summed E-state index contributed by atoms with van der Waals surface area (Å²) in [7, 11) is 1.59. The van der Waals surface area contributed by atoms with Crippen molar-refractivity contribution in [2.45, 2.75) is 32.0 Å². The second kappa shape index (κ2) is 9.58. The van der Waals surface area contributed by atoms with Gasteiger partial charge in [-0.25, -0.2) is 4.98 Å². The third-order valence-corrected chi connectivity index (χ3v) is 4.69. The molecule has 2 aromatic rings. The minimum Gasteiger partial charge on any atom is -0.383 e. The van der Waals surface area contributed by atoms with E-state index in [1.165, 1.54) is 11.8 Å². The number of rotatable bonds is 9. The molecule has 0 atom stereocenters. The average molecular weight is 363 g/mol. The standard InChI is InChI=1S/C18H25N3O3S/c1-13(2)8-10-21-17(23)14-6-4-5-7-15(14)20-18(21)25-12-16(22)19-9-11-24-3/h4-7,13H,8-12H2,1-3H3,(H,19,22). The van der Waals surface area contributed by atoms with Crippen LogP contribution in [0.2, 0.25) is 0 Å². The van der Waals surface area contributed by atoms with E-state index in [1.54, 1.807) is 17.7 Å². The number of hydrogen-bond donors (Lipinski definition) is 1. The highest BCUT2D eigenvalue weighted by Crippen LogP contribution is 2.18. The molecule has 0 saturated carbocycles. The van der Waals surface area contributed by atoms with Crippen LogP contribution in [0, 0.1) is 5.92 Å². The van der Waals surface area contributed by atoms with Gasteiger partial charge in [-0.15, -0.1) is 0 Å². The molecule has 1 N–H and O–H groups in total. The molecule has 0 aliphatic rings. The maximum atomic E-state index is 12.8. The highest BCUT2D eigenvalue weighted by Gasteiger charge is 2.13. The number of nitrogens with one attached hydrogen (secondary N) is 1. The molecule has 1 heterocycles. The van der Waals surface area contributed by atoms with E-state index in [4.69, 9.17) is 4.74 Å². The fourth-order valence-corrected chi connectivity index (χ4v) is 3.17. The second-order valence-electron chi connectivity index (χ2n) is 6.18. The molecular weight excluding hydrogens is 338 g/mol. The number of fused-ring (bicyclic) bond motifs is 1. The number of amides is 1. The van der Waals surface area contributed by atoms with Gasteiger partial charge in [-0.1, -0.05) is 37.7 Å². The molecule has 1 aromatic heterocycles. The van der Waals surface area contributed by atoms with Gasteiger partial charge in [0, 0.05) is 20.2 Å². The Labute approximate surface area is 152 Å². The Bertz CT molecular complexity index is 774. The number of ether oxygens (including phenoxy) is 1. The van der Waals surface area contributed by atoms with E-state index in [9.17, 15) is 9.59 Å².